The highest BCUT2D eigenvalue weighted by Crippen LogP contribution is 2.28. The summed E-state index contributed by atoms with van der Waals surface area (Å²) in [6.45, 7) is 1.17. The Hall–Kier alpha value is -0.910. The van der Waals surface area contributed by atoms with Gasteiger partial charge in [-0.1, -0.05) is 0 Å². The summed E-state index contributed by atoms with van der Waals surface area (Å²) in [4.78, 5) is 11.1. The van der Waals surface area contributed by atoms with Crippen LogP contribution in [0.15, 0.2) is 0 Å². The molecule has 0 amide bonds. The van der Waals surface area contributed by atoms with Crippen LogP contribution >= 0.6 is 0 Å². The third kappa shape index (κ3) is 2.74. The van der Waals surface area contributed by atoms with Crippen LogP contribution in [-0.2, 0) is 23.8 Å². The SMILES string of the molecule is C[C@@H]1OC(=O)[C@H](OS(=O)(=O)C(F)(F)F)[C@H](O)[C@H]1O. The summed E-state index contributed by atoms with van der Waals surface area (Å²) >= 11 is 0. The molecule has 1 rings (SSSR count). The molecule has 1 fully saturated rings. The first-order valence-corrected chi connectivity index (χ1v) is 5.94. The average molecular weight is 294 g/mol. The van der Waals surface area contributed by atoms with Crippen molar-refractivity contribution in [2.75, 3.05) is 0 Å². The molecule has 0 radical (unpaired) electrons. The van der Waals surface area contributed by atoms with Gasteiger partial charge in [0.15, 0.2) is 0 Å². The normalized spacial score (nSPS) is 34.2. The number of carbonyl (C=O) groups is 1. The Labute approximate surface area is 99.2 Å². The molecular formula is C7H9F3O7S. The smallest absolute Gasteiger partial charge is 0.458 e. The maximum Gasteiger partial charge on any atom is 0.523 e. The highest BCUT2D eigenvalue weighted by atomic mass is 32.2. The molecule has 0 aromatic carbocycles. The van der Waals surface area contributed by atoms with Crippen LogP contribution in [-0.4, -0.2) is 54.5 Å². The van der Waals surface area contributed by atoms with Crippen molar-refractivity contribution in [1.29, 1.82) is 0 Å². The Morgan fingerprint density at radius 3 is 2.22 bits per heavy atom. The minimum absolute atomic E-state index is 1.17. The van der Waals surface area contributed by atoms with Crippen LogP contribution in [0.25, 0.3) is 0 Å². The van der Waals surface area contributed by atoms with Crippen molar-refractivity contribution in [3.63, 3.8) is 0 Å². The van der Waals surface area contributed by atoms with Gasteiger partial charge in [-0.05, 0) is 6.92 Å². The fraction of sp³-hybridized carbons (Fsp3) is 0.857. The summed E-state index contributed by atoms with van der Waals surface area (Å²) in [5, 5.41) is 18.6. The minimum Gasteiger partial charge on any atom is -0.458 e. The summed E-state index contributed by atoms with van der Waals surface area (Å²) in [5.41, 5.74) is -5.75. The van der Waals surface area contributed by atoms with E-state index in [0.717, 1.165) is 0 Å². The van der Waals surface area contributed by atoms with Gasteiger partial charge in [0.05, 0.1) is 0 Å². The molecule has 2 N–H and O–H groups in total. The monoisotopic (exact) mass is 294 g/mol. The molecule has 7 nitrogen and oxygen atoms in total. The van der Waals surface area contributed by atoms with Gasteiger partial charge in [0.25, 0.3) is 0 Å². The van der Waals surface area contributed by atoms with Gasteiger partial charge < -0.3 is 14.9 Å². The van der Waals surface area contributed by atoms with E-state index >= 15 is 0 Å². The standard InChI is InChI=1S/C7H9F3O7S/c1-2-3(11)4(12)5(6(13)16-2)17-18(14,15)7(8,9)10/h2-5,11-12H,1H3/t2-,3-,4+,5+/m0/s1. The zero-order valence-electron chi connectivity index (χ0n) is 8.79. The lowest BCUT2D eigenvalue weighted by atomic mass is 10.0. The molecule has 0 aromatic heterocycles. The number of esters is 1. The molecule has 106 valence electrons. The van der Waals surface area contributed by atoms with E-state index in [9.17, 15) is 36.6 Å². The molecule has 0 aromatic rings. The fourth-order valence-corrected chi connectivity index (χ4v) is 1.78. The molecule has 1 aliphatic heterocycles. The molecule has 1 aliphatic rings. The number of alkyl halides is 3. The predicted octanol–water partition coefficient (Wildman–Crippen LogP) is -1.11. The molecule has 11 heteroatoms. The van der Waals surface area contributed by atoms with Crippen molar-refractivity contribution in [2.45, 2.75) is 36.8 Å². The van der Waals surface area contributed by atoms with Gasteiger partial charge in [-0.25, -0.2) is 8.98 Å². The molecular weight excluding hydrogens is 285 g/mol. The Balaban J connectivity index is 2.94. The van der Waals surface area contributed by atoms with E-state index in [4.69, 9.17) is 0 Å². The number of hydrogen-bond donors (Lipinski definition) is 2. The topological polar surface area (TPSA) is 110 Å². The van der Waals surface area contributed by atoms with E-state index in [2.05, 4.69) is 8.92 Å². The number of carbonyl (C=O) groups excluding carboxylic acids is 1. The van der Waals surface area contributed by atoms with Gasteiger partial charge in [0.2, 0.25) is 6.10 Å². The number of cyclic esters (lactones) is 1. The Morgan fingerprint density at radius 1 is 1.28 bits per heavy atom. The Morgan fingerprint density at radius 2 is 1.78 bits per heavy atom. The molecule has 0 bridgehead atoms. The van der Waals surface area contributed by atoms with E-state index in [0.29, 0.717) is 0 Å². The molecule has 4 atom stereocenters. The average Bonchev–Trinajstić information content (AvgIpc) is 2.20. The lowest BCUT2D eigenvalue weighted by Crippen LogP contribution is -2.56. The van der Waals surface area contributed by atoms with Crippen molar-refractivity contribution in [2.24, 2.45) is 0 Å². The highest BCUT2D eigenvalue weighted by Gasteiger charge is 2.53. The molecule has 0 unspecified atom stereocenters. The molecule has 18 heavy (non-hydrogen) atoms. The lowest BCUT2D eigenvalue weighted by Gasteiger charge is -2.34. The molecule has 1 heterocycles. The summed E-state index contributed by atoms with van der Waals surface area (Å²) in [7, 11) is -6.08. The van der Waals surface area contributed by atoms with Crippen LogP contribution in [0, 0.1) is 0 Å². The van der Waals surface area contributed by atoms with Gasteiger partial charge >= 0.3 is 21.6 Å². The quantitative estimate of drug-likeness (QED) is 0.377. The first-order chi connectivity index (χ1) is 7.97. The molecule has 1 saturated heterocycles. The highest BCUT2D eigenvalue weighted by molar-refractivity contribution is 7.87. The second-order valence-corrected chi connectivity index (χ2v) is 5.10. The van der Waals surface area contributed by atoms with Crippen LogP contribution in [0.2, 0.25) is 0 Å². The third-order valence-corrected chi connectivity index (χ3v) is 3.22. The largest absolute Gasteiger partial charge is 0.523 e. The fourth-order valence-electron chi connectivity index (χ4n) is 1.20. The van der Waals surface area contributed by atoms with E-state index in [1.165, 1.54) is 6.92 Å². The van der Waals surface area contributed by atoms with E-state index < -0.39 is 46.0 Å². The second kappa shape index (κ2) is 4.64. The lowest BCUT2D eigenvalue weighted by molar-refractivity contribution is -0.197. The van der Waals surface area contributed by atoms with Crippen LogP contribution < -0.4 is 0 Å². The van der Waals surface area contributed by atoms with Crippen molar-refractivity contribution < 1.29 is 45.5 Å². The number of halogens is 3. The zero-order chi connectivity index (χ0) is 14.3. The van der Waals surface area contributed by atoms with Crippen LogP contribution in [0.3, 0.4) is 0 Å². The van der Waals surface area contributed by atoms with E-state index in [-0.39, 0.29) is 0 Å². The number of hydrogen-bond acceptors (Lipinski definition) is 7. The maximum atomic E-state index is 12.0. The number of aliphatic hydroxyl groups excluding tert-OH is 2. The van der Waals surface area contributed by atoms with Crippen LogP contribution in [0.1, 0.15) is 6.92 Å². The number of rotatable bonds is 2. The van der Waals surface area contributed by atoms with E-state index in [1.54, 1.807) is 0 Å². The van der Waals surface area contributed by atoms with Crippen LogP contribution in [0.5, 0.6) is 0 Å². The molecule has 0 aliphatic carbocycles. The molecule has 0 spiro atoms. The Bertz CT molecular complexity index is 431. The summed E-state index contributed by atoms with van der Waals surface area (Å²) in [5.74, 6) is -1.51. The Kier molecular flexibility index (Phi) is 3.91. The van der Waals surface area contributed by atoms with Crippen molar-refractivity contribution in [3.8, 4) is 0 Å². The molecule has 0 saturated carbocycles. The zero-order valence-corrected chi connectivity index (χ0v) is 9.60. The predicted molar refractivity (Wildman–Crippen MR) is 47.4 cm³/mol. The van der Waals surface area contributed by atoms with Gasteiger partial charge in [-0.3, -0.25) is 0 Å². The number of ether oxygens (including phenoxy) is 1. The minimum atomic E-state index is -6.08. The summed E-state index contributed by atoms with van der Waals surface area (Å²) in [6, 6.07) is 0. The van der Waals surface area contributed by atoms with Crippen molar-refractivity contribution in [1.82, 2.24) is 0 Å². The van der Waals surface area contributed by atoms with Crippen LogP contribution in [0.4, 0.5) is 13.2 Å². The van der Waals surface area contributed by atoms with Gasteiger partial charge in [0, 0.05) is 0 Å². The first kappa shape index (κ1) is 15.1. The van der Waals surface area contributed by atoms with Crippen molar-refractivity contribution in [3.05, 3.63) is 0 Å². The number of aliphatic hydroxyl groups is 2. The second-order valence-electron chi connectivity index (χ2n) is 3.54. The summed E-state index contributed by atoms with van der Waals surface area (Å²) < 4.78 is 65.2. The van der Waals surface area contributed by atoms with Gasteiger partial charge in [0.1, 0.15) is 18.3 Å². The summed E-state index contributed by atoms with van der Waals surface area (Å²) in [6.07, 6.45) is -7.54. The van der Waals surface area contributed by atoms with E-state index in [1.807, 2.05) is 0 Å². The van der Waals surface area contributed by atoms with Gasteiger partial charge in [-0.2, -0.15) is 21.6 Å². The first-order valence-electron chi connectivity index (χ1n) is 4.53. The van der Waals surface area contributed by atoms with Gasteiger partial charge in [-0.15, -0.1) is 0 Å². The maximum absolute atomic E-state index is 12.0. The third-order valence-electron chi connectivity index (χ3n) is 2.19. The van der Waals surface area contributed by atoms with Crippen molar-refractivity contribution >= 4 is 16.1 Å².